The van der Waals surface area contributed by atoms with Crippen LogP contribution in [0.5, 0.6) is 5.75 Å². The summed E-state index contributed by atoms with van der Waals surface area (Å²) in [5.74, 6) is 0.719. The van der Waals surface area contributed by atoms with Gasteiger partial charge >= 0.3 is 0 Å². The second-order valence-corrected chi connectivity index (χ2v) is 4.63. The van der Waals surface area contributed by atoms with Crippen molar-refractivity contribution in [1.82, 2.24) is 5.32 Å². The third kappa shape index (κ3) is 4.41. The first kappa shape index (κ1) is 12.8. The molecule has 0 saturated heterocycles. The summed E-state index contributed by atoms with van der Waals surface area (Å²) in [6.45, 7) is 5.85. The Bertz CT molecular complexity index is 319. The van der Waals surface area contributed by atoms with Crippen LogP contribution in [0.15, 0.2) is 22.7 Å². The van der Waals surface area contributed by atoms with Crippen molar-refractivity contribution >= 4 is 27.5 Å². The Morgan fingerprint density at radius 1 is 1.53 bits per heavy atom. The van der Waals surface area contributed by atoms with E-state index in [1.807, 2.05) is 25.1 Å². The predicted octanol–water partition coefficient (Wildman–Crippen LogP) is 3.48. The standard InChI is InChI=1S/C11H15BrClNO/c1-3-14-7-8(2)15-11-6-9(12)4-5-10(11)13/h4-6,8,14H,3,7H2,1-2H3. The first-order valence-electron chi connectivity index (χ1n) is 4.96. The molecular weight excluding hydrogens is 277 g/mol. The molecule has 0 aliphatic carbocycles. The highest BCUT2D eigenvalue weighted by atomic mass is 79.9. The Hall–Kier alpha value is -0.250. The normalized spacial score (nSPS) is 12.5. The predicted molar refractivity (Wildman–Crippen MR) is 67.8 cm³/mol. The summed E-state index contributed by atoms with van der Waals surface area (Å²) in [6, 6.07) is 5.59. The molecule has 4 heteroatoms. The molecule has 0 amide bonds. The van der Waals surface area contributed by atoms with E-state index in [0.29, 0.717) is 5.02 Å². The third-order valence-electron chi connectivity index (χ3n) is 1.90. The summed E-state index contributed by atoms with van der Waals surface area (Å²) in [7, 11) is 0. The summed E-state index contributed by atoms with van der Waals surface area (Å²) in [4.78, 5) is 0. The molecule has 0 saturated carbocycles. The number of benzene rings is 1. The molecule has 1 rings (SSSR count). The van der Waals surface area contributed by atoms with Crippen molar-refractivity contribution in [1.29, 1.82) is 0 Å². The molecule has 0 fully saturated rings. The highest BCUT2D eigenvalue weighted by molar-refractivity contribution is 9.10. The molecule has 0 aromatic heterocycles. The Kier molecular flexibility index (Phi) is 5.43. The fraction of sp³-hybridized carbons (Fsp3) is 0.455. The van der Waals surface area contributed by atoms with Crippen LogP contribution in [-0.2, 0) is 0 Å². The number of nitrogens with one attached hydrogen (secondary N) is 1. The van der Waals surface area contributed by atoms with Crippen molar-refractivity contribution in [2.24, 2.45) is 0 Å². The molecule has 0 aliphatic rings. The summed E-state index contributed by atoms with van der Waals surface area (Å²) >= 11 is 9.39. The highest BCUT2D eigenvalue weighted by Gasteiger charge is 2.07. The van der Waals surface area contributed by atoms with Gasteiger partial charge in [-0.15, -0.1) is 0 Å². The fourth-order valence-corrected chi connectivity index (χ4v) is 1.68. The molecule has 1 atom stereocenters. The van der Waals surface area contributed by atoms with Crippen LogP contribution in [0.4, 0.5) is 0 Å². The Labute approximate surface area is 104 Å². The maximum Gasteiger partial charge on any atom is 0.139 e. The highest BCUT2D eigenvalue weighted by Crippen LogP contribution is 2.28. The van der Waals surface area contributed by atoms with Crippen LogP contribution in [0.1, 0.15) is 13.8 Å². The molecule has 0 bridgehead atoms. The number of ether oxygens (including phenoxy) is 1. The quantitative estimate of drug-likeness (QED) is 0.897. The first-order chi connectivity index (χ1) is 7.13. The van der Waals surface area contributed by atoms with Gasteiger partial charge in [-0.25, -0.2) is 0 Å². The molecule has 0 spiro atoms. The van der Waals surface area contributed by atoms with Gasteiger partial charge in [0.05, 0.1) is 5.02 Å². The van der Waals surface area contributed by atoms with Crippen molar-refractivity contribution in [3.05, 3.63) is 27.7 Å². The Morgan fingerprint density at radius 3 is 2.93 bits per heavy atom. The minimum Gasteiger partial charge on any atom is -0.488 e. The first-order valence-corrected chi connectivity index (χ1v) is 6.13. The summed E-state index contributed by atoms with van der Waals surface area (Å²) < 4.78 is 6.67. The zero-order valence-electron chi connectivity index (χ0n) is 8.89. The van der Waals surface area contributed by atoms with E-state index in [-0.39, 0.29) is 6.10 Å². The van der Waals surface area contributed by atoms with E-state index < -0.39 is 0 Å². The minimum absolute atomic E-state index is 0.108. The lowest BCUT2D eigenvalue weighted by atomic mass is 10.3. The van der Waals surface area contributed by atoms with Gasteiger partial charge in [0.2, 0.25) is 0 Å². The van der Waals surface area contributed by atoms with Crippen LogP contribution >= 0.6 is 27.5 Å². The molecule has 1 unspecified atom stereocenters. The van der Waals surface area contributed by atoms with Gasteiger partial charge in [0.25, 0.3) is 0 Å². The van der Waals surface area contributed by atoms with E-state index in [2.05, 4.69) is 28.2 Å². The van der Waals surface area contributed by atoms with Crippen molar-refractivity contribution < 1.29 is 4.74 Å². The molecule has 0 radical (unpaired) electrons. The molecule has 0 heterocycles. The van der Waals surface area contributed by atoms with E-state index in [1.54, 1.807) is 0 Å². The van der Waals surface area contributed by atoms with E-state index in [1.165, 1.54) is 0 Å². The Balaban J connectivity index is 2.59. The number of hydrogen-bond donors (Lipinski definition) is 1. The molecule has 2 nitrogen and oxygen atoms in total. The van der Waals surface area contributed by atoms with Crippen LogP contribution in [0.2, 0.25) is 5.02 Å². The van der Waals surface area contributed by atoms with Crippen LogP contribution in [0, 0.1) is 0 Å². The number of rotatable bonds is 5. The second-order valence-electron chi connectivity index (χ2n) is 3.31. The molecule has 1 N–H and O–H groups in total. The monoisotopic (exact) mass is 291 g/mol. The summed E-state index contributed by atoms with van der Waals surface area (Å²) in [6.07, 6.45) is 0.108. The van der Waals surface area contributed by atoms with Crippen LogP contribution in [0.25, 0.3) is 0 Å². The third-order valence-corrected chi connectivity index (χ3v) is 2.71. The lowest BCUT2D eigenvalue weighted by Gasteiger charge is -2.16. The van der Waals surface area contributed by atoms with Gasteiger partial charge in [-0.2, -0.15) is 0 Å². The van der Waals surface area contributed by atoms with Crippen molar-refractivity contribution in [3.63, 3.8) is 0 Å². The lowest BCUT2D eigenvalue weighted by Crippen LogP contribution is -2.28. The van der Waals surface area contributed by atoms with Gasteiger partial charge < -0.3 is 10.1 Å². The molecule has 0 aliphatic heterocycles. The zero-order chi connectivity index (χ0) is 11.3. The molecule has 15 heavy (non-hydrogen) atoms. The van der Waals surface area contributed by atoms with Crippen molar-refractivity contribution in [3.8, 4) is 5.75 Å². The second kappa shape index (κ2) is 6.36. The molecule has 84 valence electrons. The fourth-order valence-electron chi connectivity index (χ4n) is 1.17. The van der Waals surface area contributed by atoms with E-state index in [0.717, 1.165) is 23.3 Å². The minimum atomic E-state index is 0.108. The lowest BCUT2D eigenvalue weighted by molar-refractivity contribution is 0.218. The van der Waals surface area contributed by atoms with E-state index in [9.17, 15) is 0 Å². The zero-order valence-corrected chi connectivity index (χ0v) is 11.2. The average molecular weight is 293 g/mol. The van der Waals surface area contributed by atoms with Crippen LogP contribution in [-0.4, -0.2) is 19.2 Å². The largest absolute Gasteiger partial charge is 0.488 e. The van der Waals surface area contributed by atoms with Gasteiger partial charge in [-0.3, -0.25) is 0 Å². The van der Waals surface area contributed by atoms with Crippen molar-refractivity contribution in [2.75, 3.05) is 13.1 Å². The van der Waals surface area contributed by atoms with Crippen molar-refractivity contribution in [2.45, 2.75) is 20.0 Å². The number of halogens is 2. The number of hydrogen-bond acceptors (Lipinski definition) is 2. The topological polar surface area (TPSA) is 21.3 Å². The molecule has 1 aromatic carbocycles. The van der Waals surface area contributed by atoms with E-state index >= 15 is 0 Å². The molecule has 1 aromatic rings. The van der Waals surface area contributed by atoms with Gasteiger partial charge in [0, 0.05) is 11.0 Å². The van der Waals surface area contributed by atoms with Gasteiger partial charge in [-0.1, -0.05) is 34.5 Å². The number of likely N-dealkylation sites (N-methyl/N-ethyl adjacent to an activating group) is 1. The van der Waals surface area contributed by atoms with Gasteiger partial charge in [0.15, 0.2) is 0 Å². The average Bonchev–Trinajstić information content (AvgIpc) is 2.20. The summed E-state index contributed by atoms with van der Waals surface area (Å²) in [5, 5.41) is 3.86. The van der Waals surface area contributed by atoms with Crippen LogP contribution < -0.4 is 10.1 Å². The van der Waals surface area contributed by atoms with Gasteiger partial charge in [-0.05, 0) is 31.7 Å². The smallest absolute Gasteiger partial charge is 0.139 e. The maximum absolute atomic E-state index is 6.01. The SMILES string of the molecule is CCNCC(C)Oc1cc(Br)ccc1Cl. The van der Waals surface area contributed by atoms with Gasteiger partial charge in [0.1, 0.15) is 11.9 Å². The Morgan fingerprint density at radius 2 is 2.27 bits per heavy atom. The maximum atomic E-state index is 6.01. The molecular formula is C11H15BrClNO. The summed E-state index contributed by atoms with van der Waals surface area (Å²) in [5.41, 5.74) is 0. The van der Waals surface area contributed by atoms with E-state index in [4.69, 9.17) is 16.3 Å². The van der Waals surface area contributed by atoms with Crippen LogP contribution in [0.3, 0.4) is 0 Å².